The minimum absolute atomic E-state index is 0.333. The number of rotatable bonds is 6. The second-order valence-electron chi connectivity index (χ2n) is 4.97. The van der Waals surface area contributed by atoms with E-state index in [4.69, 9.17) is 5.14 Å². The molecule has 0 saturated heterocycles. The highest BCUT2D eigenvalue weighted by Crippen LogP contribution is 2.17. The lowest BCUT2D eigenvalue weighted by Crippen LogP contribution is -2.21. The molecule has 0 atom stereocenters. The van der Waals surface area contributed by atoms with E-state index < -0.39 is 10.2 Å². The predicted molar refractivity (Wildman–Crippen MR) is 83.1 cm³/mol. The van der Waals surface area contributed by atoms with Gasteiger partial charge < -0.3 is 9.88 Å². The molecule has 0 spiro atoms. The van der Waals surface area contributed by atoms with Gasteiger partial charge in [0, 0.05) is 17.9 Å². The number of imidazole rings is 1. The second-order valence-corrected chi connectivity index (χ2v) is 6.26. The van der Waals surface area contributed by atoms with E-state index >= 15 is 0 Å². The zero-order chi connectivity index (χ0) is 15.5. The van der Waals surface area contributed by atoms with Crippen molar-refractivity contribution in [1.29, 1.82) is 0 Å². The molecule has 0 amide bonds. The molecule has 0 aliphatic carbocycles. The molecule has 7 nitrogen and oxygen atoms in total. The van der Waals surface area contributed by atoms with Gasteiger partial charge in [-0.1, -0.05) is 6.07 Å². The van der Waals surface area contributed by atoms with Crippen LogP contribution >= 0.6 is 0 Å². The van der Waals surface area contributed by atoms with Gasteiger partial charge in [0.15, 0.2) is 0 Å². The van der Waals surface area contributed by atoms with E-state index in [0.717, 1.165) is 11.4 Å². The zero-order valence-corrected chi connectivity index (χ0v) is 12.8. The smallest absolute Gasteiger partial charge is 0.296 e. The molecule has 1 aromatic heterocycles. The predicted octanol–water partition coefficient (Wildman–Crippen LogP) is 1.69. The van der Waals surface area contributed by atoms with E-state index in [1.54, 1.807) is 30.7 Å². The molecule has 21 heavy (non-hydrogen) atoms. The number of benzene rings is 1. The minimum Gasteiger partial charge on any atom is -0.379 e. The lowest BCUT2D eigenvalue weighted by molar-refractivity contribution is 0.577. The molecule has 1 aromatic carbocycles. The molecule has 0 unspecified atom stereocenters. The maximum Gasteiger partial charge on any atom is 0.296 e. The third-order valence-electron chi connectivity index (χ3n) is 2.90. The molecule has 0 aliphatic rings. The van der Waals surface area contributed by atoms with E-state index in [1.807, 2.05) is 6.07 Å². The van der Waals surface area contributed by atoms with Crippen molar-refractivity contribution in [2.75, 3.05) is 10.0 Å². The third kappa shape index (κ3) is 4.47. The first kappa shape index (κ1) is 15.3. The second kappa shape index (κ2) is 6.15. The van der Waals surface area contributed by atoms with E-state index in [1.165, 1.54) is 0 Å². The Kier molecular flexibility index (Phi) is 4.49. The number of anilines is 2. The van der Waals surface area contributed by atoms with Gasteiger partial charge in [-0.05, 0) is 32.0 Å². The Balaban J connectivity index is 2.07. The van der Waals surface area contributed by atoms with E-state index in [2.05, 4.69) is 33.4 Å². The van der Waals surface area contributed by atoms with Crippen molar-refractivity contribution < 1.29 is 8.42 Å². The zero-order valence-electron chi connectivity index (χ0n) is 11.9. The van der Waals surface area contributed by atoms with Crippen molar-refractivity contribution in [2.45, 2.75) is 26.4 Å². The quantitative estimate of drug-likeness (QED) is 0.755. The molecule has 0 bridgehead atoms. The standard InChI is InChI=1S/C13H19N5O2S/c1-10(2)18-9-15-7-13(18)8-16-11-4-3-5-12(6-11)17-21(14,19)20/h3-7,9-10,16-17H,8H2,1-2H3,(H2,14,19,20). The molecule has 2 aromatic rings. The minimum atomic E-state index is -3.76. The van der Waals surface area contributed by atoms with Gasteiger partial charge in [0.25, 0.3) is 10.2 Å². The SMILES string of the molecule is CC(C)n1cncc1CNc1cccc(NS(N)(=O)=O)c1. The number of nitrogens with one attached hydrogen (secondary N) is 2. The summed E-state index contributed by atoms with van der Waals surface area (Å²) in [5.74, 6) is 0. The van der Waals surface area contributed by atoms with Crippen LogP contribution in [0, 0.1) is 0 Å². The van der Waals surface area contributed by atoms with Gasteiger partial charge in [0.2, 0.25) is 0 Å². The Hall–Kier alpha value is -2.06. The highest BCUT2D eigenvalue weighted by atomic mass is 32.2. The Labute approximate surface area is 124 Å². The molecular formula is C13H19N5O2S. The molecule has 114 valence electrons. The van der Waals surface area contributed by atoms with Crippen LogP contribution < -0.4 is 15.2 Å². The Morgan fingerprint density at radius 2 is 2.05 bits per heavy atom. The molecule has 4 N–H and O–H groups in total. The van der Waals surface area contributed by atoms with Gasteiger partial charge in [0.05, 0.1) is 24.3 Å². The van der Waals surface area contributed by atoms with Crippen molar-refractivity contribution in [3.63, 3.8) is 0 Å². The van der Waals surface area contributed by atoms with Crippen molar-refractivity contribution in [3.05, 3.63) is 42.5 Å². The fraction of sp³-hybridized carbons (Fsp3) is 0.308. The van der Waals surface area contributed by atoms with E-state index in [-0.39, 0.29) is 0 Å². The average molecular weight is 309 g/mol. The monoisotopic (exact) mass is 309 g/mol. The fourth-order valence-electron chi connectivity index (χ4n) is 1.98. The highest BCUT2D eigenvalue weighted by molar-refractivity contribution is 7.90. The van der Waals surface area contributed by atoms with E-state index in [9.17, 15) is 8.42 Å². The fourth-order valence-corrected chi connectivity index (χ4v) is 2.44. The van der Waals surface area contributed by atoms with Gasteiger partial charge in [-0.25, -0.2) is 10.1 Å². The summed E-state index contributed by atoms with van der Waals surface area (Å²) < 4.78 is 26.3. The number of hydrogen-bond acceptors (Lipinski definition) is 4. The van der Waals surface area contributed by atoms with Crippen molar-refractivity contribution in [2.24, 2.45) is 5.14 Å². The average Bonchev–Trinajstić information content (AvgIpc) is 2.83. The molecule has 0 aliphatic heterocycles. The third-order valence-corrected chi connectivity index (χ3v) is 3.42. The summed E-state index contributed by atoms with van der Waals surface area (Å²) >= 11 is 0. The molecule has 0 saturated carbocycles. The van der Waals surface area contributed by atoms with Crippen LogP contribution in [0.4, 0.5) is 11.4 Å². The first-order valence-electron chi connectivity index (χ1n) is 6.50. The van der Waals surface area contributed by atoms with Crippen LogP contribution in [0.15, 0.2) is 36.8 Å². The number of nitrogens with zero attached hydrogens (tertiary/aromatic N) is 2. The summed E-state index contributed by atoms with van der Waals surface area (Å²) in [6.07, 6.45) is 3.60. The molecule has 1 heterocycles. The summed E-state index contributed by atoms with van der Waals surface area (Å²) in [4.78, 5) is 4.14. The van der Waals surface area contributed by atoms with Gasteiger partial charge >= 0.3 is 0 Å². The van der Waals surface area contributed by atoms with Crippen molar-refractivity contribution in [3.8, 4) is 0 Å². The van der Waals surface area contributed by atoms with Crippen LogP contribution in [0.3, 0.4) is 0 Å². The Bertz CT molecular complexity index is 709. The Morgan fingerprint density at radius 3 is 2.71 bits per heavy atom. The largest absolute Gasteiger partial charge is 0.379 e. The normalized spacial score (nSPS) is 11.6. The number of aromatic nitrogens is 2. The van der Waals surface area contributed by atoms with Gasteiger partial charge in [-0.2, -0.15) is 8.42 Å². The molecule has 0 fully saturated rings. The molecule has 2 rings (SSSR count). The highest BCUT2D eigenvalue weighted by Gasteiger charge is 2.06. The maximum absolute atomic E-state index is 11.0. The van der Waals surface area contributed by atoms with Crippen LogP contribution in [-0.2, 0) is 16.8 Å². The summed E-state index contributed by atoms with van der Waals surface area (Å²) in [6.45, 7) is 4.76. The Morgan fingerprint density at radius 1 is 1.33 bits per heavy atom. The topological polar surface area (TPSA) is 102 Å². The first-order valence-corrected chi connectivity index (χ1v) is 8.05. The lowest BCUT2D eigenvalue weighted by atomic mass is 10.2. The van der Waals surface area contributed by atoms with Crippen LogP contribution in [0.2, 0.25) is 0 Å². The summed E-state index contributed by atoms with van der Waals surface area (Å²) in [5.41, 5.74) is 2.26. The van der Waals surface area contributed by atoms with Crippen LogP contribution in [0.25, 0.3) is 0 Å². The summed E-state index contributed by atoms with van der Waals surface area (Å²) in [7, 11) is -3.76. The van der Waals surface area contributed by atoms with Crippen molar-refractivity contribution >= 4 is 21.6 Å². The number of hydrogen-bond donors (Lipinski definition) is 3. The van der Waals surface area contributed by atoms with Gasteiger partial charge in [-0.15, -0.1) is 0 Å². The van der Waals surface area contributed by atoms with Crippen LogP contribution in [0.1, 0.15) is 25.6 Å². The maximum atomic E-state index is 11.0. The number of nitrogens with two attached hydrogens (primary N) is 1. The van der Waals surface area contributed by atoms with Crippen molar-refractivity contribution in [1.82, 2.24) is 9.55 Å². The van der Waals surface area contributed by atoms with Crippen LogP contribution in [0.5, 0.6) is 0 Å². The van der Waals surface area contributed by atoms with Crippen LogP contribution in [-0.4, -0.2) is 18.0 Å². The lowest BCUT2D eigenvalue weighted by Gasteiger charge is -2.13. The van der Waals surface area contributed by atoms with E-state index in [0.29, 0.717) is 18.3 Å². The van der Waals surface area contributed by atoms with Gasteiger partial charge in [0.1, 0.15) is 0 Å². The molecule has 0 radical (unpaired) electrons. The van der Waals surface area contributed by atoms with Gasteiger partial charge in [-0.3, -0.25) is 4.72 Å². The molecule has 8 heteroatoms. The summed E-state index contributed by atoms with van der Waals surface area (Å²) in [5, 5.41) is 8.18. The summed E-state index contributed by atoms with van der Waals surface area (Å²) in [6, 6.07) is 7.24. The first-order chi connectivity index (χ1) is 9.85. The molecular weight excluding hydrogens is 290 g/mol.